The minimum atomic E-state index is -3.30. The van der Waals surface area contributed by atoms with Crippen LogP contribution in [-0.4, -0.2) is 15.5 Å². The third-order valence-electron chi connectivity index (χ3n) is 3.63. The van der Waals surface area contributed by atoms with Gasteiger partial charge in [-0.15, -0.1) is 0 Å². The number of benzene rings is 2. The Bertz CT molecular complexity index is 772. The van der Waals surface area contributed by atoms with Gasteiger partial charge in [-0.25, -0.2) is 8.42 Å². The van der Waals surface area contributed by atoms with E-state index in [2.05, 4.69) is 0 Å². The predicted molar refractivity (Wildman–Crippen MR) is 90.6 cm³/mol. The van der Waals surface area contributed by atoms with E-state index in [4.69, 9.17) is 4.74 Å². The molecule has 0 bridgehead atoms. The predicted octanol–water partition coefficient (Wildman–Crippen LogP) is 3.90. The van der Waals surface area contributed by atoms with Gasteiger partial charge in [-0.1, -0.05) is 30.3 Å². The number of rotatable bonds is 5. The minimum absolute atomic E-state index is 0.0155. The number of methoxy groups -OCH3 is 1. The normalized spacial score (nSPS) is 11.8. The highest BCUT2D eigenvalue weighted by atomic mass is 32.2. The summed E-state index contributed by atoms with van der Waals surface area (Å²) in [6, 6.07) is 12.9. The van der Waals surface area contributed by atoms with Crippen LogP contribution in [0.2, 0.25) is 0 Å². The molecule has 116 valence electrons. The van der Waals surface area contributed by atoms with Crippen molar-refractivity contribution in [3.63, 3.8) is 0 Å². The standard InChI is InChI=1S/C18H20O3S/c1-14-5-4-6-17(15(14)2)11-12-22(19,20)13-16-7-9-18(21-3)10-8-16/h4-12H,13H2,1-3H3. The quantitative estimate of drug-likeness (QED) is 0.840. The Morgan fingerprint density at radius 3 is 2.36 bits per heavy atom. The van der Waals surface area contributed by atoms with Crippen LogP contribution in [0.1, 0.15) is 22.3 Å². The fourth-order valence-electron chi connectivity index (χ4n) is 2.13. The topological polar surface area (TPSA) is 43.4 Å². The van der Waals surface area contributed by atoms with Crippen molar-refractivity contribution in [3.05, 3.63) is 70.1 Å². The monoisotopic (exact) mass is 316 g/mol. The van der Waals surface area contributed by atoms with E-state index in [-0.39, 0.29) is 5.75 Å². The maximum absolute atomic E-state index is 12.2. The van der Waals surface area contributed by atoms with Gasteiger partial charge in [-0.05, 0) is 54.3 Å². The highest BCUT2D eigenvalue weighted by Crippen LogP contribution is 2.17. The van der Waals surface area contributed by atoms with Crippen molar-refractivity contribution in [2.75, 3.05) is 7.11 Å². The summed E-state index contributed by atoms with van der Waals surface area (Å²) in [7, 11) is -1.72. The third kappa shape index (κ3) is 4.21. The molecule has 0 aromatic heterocycles. The van der Waals surface area contributed by atoms with E-state index in [1.54, 1.807) is 37.5 Å². The van der Waals surface area contributed by atoms with Crippen LogP contribution in [0.25, 0.3) is 6.08 Å². The summed E-state index contributed by atoms with van der Waals surface area (Å²) < 4.78 is 29.5. The van der Waals surface area contributed by atoms with E-state index in [0.717, 1.165) is 22.3 Å². The smallest absolute Gasteiger partial charge is 0.175 e. The van der Waals surface area contributed by atoms with E-state index in [1.165, 1.54) is 5.41 Å². The van der Waals surface area contributed by atoms with Crippen LogP contribution in [-0.2, 0) is 15.6 Å². The van der Waals surface area contributed by atoms with Crippen LogP contribution in [0.4, 0.5) is 0 Å². The Balaban J connectivity index is 2.16. The van der Waals surface area contributed by atoms with Crippen molar-refractivity contribution in [2.45, 2.75) is 19.6 Å². The van der Waals surface area contributed by atoms with Crippen molar-refractivity contribution in [1.29, 1.82) is 0 Å². The Morgan fingerprint density at radius 2 is 1.73 bits per heavy atom. The molecule has 2 aromatic rings. The molecule has 0 aliphatic rings. The summed E-state index contributed by atoms with van der Waals surface area (Å²) in [5, 5.41) is 1.29. The van der Waals surface area contributed by atoms with Crippen molar-refractivity contribution < 1.29 is 13.2 Å². The number of aryl methyl sites for hydroxylation is 1. The zero-order chi connectivity index (χ0) is 16.2. The molecule has 0 unspecified atom stereocenters. The summed E-state index contributed by atoms with van der Waals surface area (Å²) in [6.07, 6.45) is 1.67. The Labute approximate surface area is 132 Å². The molecule has 0 saturated heterocycles. The average Bonchev–Trinajstić information content (AvgIpc) is 2.49. The first-order valence-electron chi connectivity index (χ1n) is 7.01. The minimum Gasteiger partial charge on any atom is -0.497 e. The molecular formula is C18H20O3S. The second-order valence-corrected chi connectivity index (χ2v) is 7.13. The third-order valence-corrected chi connectivity index (χ3v) is 4.91. The number of hydrogen-bond donors (Lipinski definition) is 0. The van der Waals surface area contributed by atoms with Gasteiger partial charge in [0.05, 0.1) is 12.9 Å². The van der Waals surface area contributed by atoms with E-state index in [1.807, 2.05) is 32.0 Å². The molecule has 0 atom stereocenters. The van der Waals surface area contributed by atoms with Gasteiger partial charge in [0.15, 0.2) is 9.84 Å². The summed E-state index contributed by atoms with van der Waals surface area (Å²) in [4.78, 5) is 0. The second kappa shape index (κ2) is 6.79. The molecule has 0 saturated carbocycles. The van der Waals surface area contributed by atoms with Gasteiger partial charge in [-0.3, -0.25) is 0 Å². The van der Waals surface area contributed by atoms with Crippen molar-refractivity contribution in [3.8, 4) is 5.75 Å². The fourth-order valence-corrected chi connectivity index (χ4v) is 3.24. The summed E-state index contributed by atoms with van der Waals surface area (Å²) in [5.41, 5.74) is 3.91. The molecule has 2 aromatic carbocycles. The SMILES string of the molecule is COc1ccc(CS(=O)(=O)C=Cc2cccc(C)c2C)cc1. The average molecular weight is 316 g/mol. The molecule has 4 heteroatoms. The lowest BCUT2D eigenvalue weighted by atomic mass is 10.0. The zero-order valence-electron chi connectivity index (χ0n) is 13.0. The van der Waals surface area contributed by atoms with Gasteiger partial charge in [0.25, 0.3) is 0 Å². The number of hydrogen-bond acceptors (Lipinski definition) is 3. The van der Waals surface area contributed by atoms with Gasteiger partial charge in [0.2, 0.25) is 0 Å². The molecule has 0 heterocycles. The van der Waals surface area contributed by atoms with Gasteiger partial charge < -0.3 is 4.74 Å². The van der Waals surface area contributed by atoms with Crippen LogP contribution < -0.4 is 4.74 Å². The molecule has 0 aliphatic heterocycles. The molecule has 22 heavy (non-hydrogen) atoms. The van der Waals surface area contributed by atoms with Crippen LogP contribution in [0.15, 0.2) is 47.9 Å². The molecule has 0 fully saturated rings. The molecule has 2 rings (SSSR count). The van der Waals surface area contributed by atoms with Crippen molar-refractivity contribution in [2.24, 2.45) is 0 Å². The molecule has 3 nitrogen and oxygen atoms in total. The zero-order valence-corrected chi connectivity index (χ0v) is 13.9. The lowest BCUT2D eigenvalue weighted by molar-refractivity contribution is 0.414. The number of sulfone groups is 1. The molecular weight excluding hydrogens is 296 g/mol. The molecule has 0 spiro atoms. The van der Waals surface area contributed by atoms with Crippen LogP contribution in [0.3, 0.4) is 0 Å². The van der Waals surface area contributed by atoms with Gasteiger partial charge in [-0.2, -0.15) is 0 Å². The molecule has 0 amide bonds. The molecule has 0 aliphatic carbocycles. The van der Waals surface area contributed by atoms with Crippen molar-refractivity contribution >= 4 is 15.9 Å². The van der Waals surface area contributed by atoms with Gasteiger partial charge in [0.1, 0.15) is 5.75 Å². The fraction of sp³-hybridized carbons (Fsp3) is 0.222. The summed E-state index contributed by atoms with van der Waals surface area (Å²) in [6.45, 7) is 4.00. The van der Waals surface area contributed by atoms with Crippen LogP contribution >= 0.6 is 0 Å². The Kier molecular flexibility index (Phi) is 5.03. The lowest BCUT2D eigenvalue weighted by Crippen LogP contribution is -2.00. The first-order valence-corrected chi connectivity index (χ1v) is 8.73. The molecule has 0 N–H and O–H groups in total. The van der Waals surface area contributed by atoms with E-state index in [9.17, 15) is 8.42 Å². The highest BCUT2D eigenvalue weighted by molar-refractivity contribution is 7.93. The van der Waals surface area contributed by atoms with Crippen molar-refractivity contribution in [1.82, 2.24) is 0 Å². The first-order chi connectivity index (χ1) is 10.4. The van der Waals surface area contributed by atoms with Crippen LogP contribution in [0.5, 0.6) is 5.75 Å². The largest absolute Gasteiger partial charge is 0.497 e. The second-order valence-electron chi connectivity index (χ2n) is 5.25. The van der Waals surface area contributed by atoms with E-state index >= 15 is 0 Å². The number of ether oxygens (including phenoxy) is 1. The van der Waals surface area contributed by atoms with Crippen LogP contribution in [0, 0.1) is 13.8 Å². The Morgan fingerprint density at radius 1 is 1.05 bits per heavy atom. The maximum atomic E-state index is 12.2. The molecule has 0 radical (unpaired) electrons. The maximum Gasteiger partial charge on any atom is 0.175 e. The summed E-state index contributed by atoms with van der Waals surface area (Å²) >= 11 is 0. The summed E-state index contributed by atoms with van der Waals surface area (Å²) in [5.74, 6) is 0.699. The van der Waals surface area contributed by atoms with E-state index in [0.29, 0.717) is 5.75 Å². The Hall–Kier alpha value is -2.07. The van der Waals surface area contributed by atoms with E-state index < -0.39 is 9.84 Å². The van der Waals surface area contributed by atoms with Gasteiger partial charge >= 0.3 is 0 Å². The first kappa shape index (κ1) is 16.3. The highest BCUT2D eigenvalue weighted by Gasteiger charge is 2.08. The lowest BCUT2D eigenvalue weighted by Gasteiger charge is -2.05. The van der Waals surface area contributed by atoms with Gasteiger partial charge in [0, 0.05) is 5.41 Å².